The van der Waals surface area contributed by atoms with E-state index in [2.05, 4.69) is 19.2 Å². The van der Waals surface area contributed by atoms with Crippen molar-refractivity contribution in [2.45, 2.75) is 58.6 Å². The number of benzene rings is 2. The molecule has 3 rings (SSSR count). The standard InChI is InChI=1S/C26H33NO4/c1-18(2)21-10-12-22(13-11-21)25(28)27-24(26(29)30)16-19-8-14-23(15-9-19)31-17-20-6-4-3-5-7-20/h3-9,14-15,18,21-22,24H,10-13,16-17H2,1-2H3,(H,27,28)(H,29,30)/t21-,22-,24-/m1/s1. The maximum Gasteiger partial charge on any atom is 0.326 e. The summed E-state index contributed by atoms with van der Waals surface area (Å²) in [6, 6.07) is 16.4. The van der Waals surface area contributed by atoms with Gasteiger partial charge in [-0.1, -0.05) is 56.3 Å². The van der Waals surface area contributed by atoms with Gasteiger partial charge in [0, 0.05) is 12.3 Å². The van der Waals surface area contributed by atoms with Crippen molar-refractivity contribution >= 4 is 11.9 Å². The van der Waals surface area contributed by atoms with Gasteiger partial charge in [-0.15, -0.1) is 0 Å². The number of nitrogens with one attached hydrogen (secondary N) is 1. The van der Waals surface area contributed by atoms with E-state index in [4.69, 9.17) is 4.74 Å². The smallest absolute Gasteiger partial charge is 0.326 e. The average molecular weight is 424 g/mol. The highest BCUT2D eigenvalue weighted by atomic mass is 16.5. The van der Waals surface area contributed by atoms with Crippen molar-refractivity contribution in [3.05, 3.63) is 65.7 Å². The summed E-state index contributed by atoms with van der Waals surface area (Å²) >= 11 is 0. The van der Waals surface area contributed by atoms with Crippen LogP contribution in [0.4, 0.5) is 0 Å². The SMILES string of the molecule is CC(C)[C@H]1CC[C@H](C(=O)N[C@H](Cc2ccc(OCc3ccccc3)cc2)C(=O)O)CC1. The van der Waals surface area contributed by atoms with E-state index in [0.717, 1.165) is 42.6 Å². The number of carboxylic acid groups (broad SMARTS) is 1. The molecule has 1 aliphatic rings. The van der Waals surface area contributed by atoms with Gasteiger partial charge in [0.25, 0.3) is 0 Å². The third-order valence-electron chi connectivity index (χ3n) is 6.31. The van der Waals surface area contributed by atoms with Gasteiger partial charge in [0.2, 0.25) is 5.91 Å². The highest BCUT2D eigenvalue weighted by molar-refractivity contribution is 5.85. The number of hydrogen-bond acceptors (Lipinski definition) is 3. The minimum atomic E-state index is -1.01. The van der Waals surface area contributed by atoms with Crippen molar-refractivity contribution in [2.24, 2.45) is 17.8 Å². The predicted octanol–water partition coefficient (Wildman–Crippen LogP) is 4.84. The number of ether oxygens (including phenoxy) is 1. The molecule has 166 valence electrons. The molecular formula is C26H33NO4. The Balaban J connectivity index is 1.51. The average Bonchev–Trinajstić information content (AvgIpc) is 2.78. The molecule has 1 atom stereocenters. The molecule has 31 heavy (non-hydrogen) atoms. The predicted molar refractivity (Wildman–Crippen MR) is 121 cm³/mol. The van der Waals surface area contributed by atoms with Gasteiger partial charge < -0.3 is 15.2 Å². The Hall–Kier alpha value is -2.82. The minimum Gasteiger partial charge on any atom is -0.489 e. The molecule has 0 spiro atoms. The second-order valence-corrected chi connectivity index (χ2v) is 8.88. The van der Waals surface area contributed by atoms with Crippen LogP contribution in [0.3, 0.4) is 0 Å². The zero-order valence-electron chi connectivity index (χ0n) is 18.4. The Kier molecular flexibility index (Phi) is 8.10. The van der Waals surface area contributed by atoms with Crippen LogP contribution in [0, 0.1) is 17.8 Å². The van der Waals surface area contributed by atoms with Gasteiger partial charge in [-0.2, -0.15) is 0 Å². The molecule has 0 aliphatic heterocycles. The lowest BCUT2D eigenvalue weighted by Crippen LogP contribution is -2.45. The Labute approximate surface area is 184 Å². The zero-order valence-corrected chi connectivity index (χ0v) is 18.4. The molecule has 1 amide bonds. The summed E-state index contributed by atoms with van der Waals surface area (Å²) in [5.41, 5.74) is 1.94. The van der Waals surface area contributed by atoms with Gasteiger partial charge in [-0.05, 0) is 60.8 Å². The van der Waals surface area contributed by atoms with E-state index in [-0.39, 0.29) is 18.2 Å². The van der Waals surface area contributed by atoms with Crippen molar-refractivity contribution < 1.29 is 19.4 Å². The van der Waals surface area contributed by atoms with Crippen LogP contribution in [-0.4, -0.2) is 23.0 Å². The summed E-state index contributed by atoms with van der Waals surface area (Å²) in [6.07, 6.45) is 4.01. The molecule has 1 saturated carbocycles. The molecule has 2 aromatic carbocycles. The monoisotopic (exact) mass is 423 g/mol. The molecular weight excluding hydrogens is 390 g/mol. The van der Waals surface area contributed by atoms with Crippen LogP contribution in [0.25, 0.3) is 0 Å². The Bertz CT molecular complexity index is 839. The summed E-state index contributed by atoms with van der Waals surface area (Å²) in [5.74, 6) is 0.819. The van der Waals surface area contributed by atoms with Crippen LogP contribution in [0.1, 0.15) is 50.7 Å². The van der Waals surface area contributed by atoms with Crippen LogP contribution in [0.15, 0.2) is 54.6 Å². The van der Waals surface area contributed by atoms with E-state index in [1.165, 1.54) is 0 Å². The quantitative estimate of drug-likeness (QED) is 0.605. The summed E-state index contributed by atoms with van der Waals surface area (Å²) in [5, 5.41) is 12.4. The molecule has 0 saturated heterocycles. The molecule has 0 unspecified atom stereocenters. The highest BCUT2D eigenvalue weighted by Gasteiger charge is 2.30. The van der Waals surface area contributed by atoms with Gasteiger partial charge in [0.1, 0.15) is 18.4 Å². The lowest BCUT2D eigenvalue weighted by molar-refractivity contribution is -0.142. The van der Waals surface area contributed by atoms with Gasteiger partial charge in [0.05, 0.1) is 0 Å². The van der Waals surface area contributed by atoms with E-state index in [1.807, 2.05) is 54.6 Å². The Morgan fingerprint density at radius 3 is 2.19 bits per heavy atom. The zero-order chi connectivity index (χ0) is 22.2. The summed E-state index contributed by atoms with van der Waals surface area (Å²) < 4.78 is 5.78. The van der Waals surface area contributed by atoms with Crippen molar-refractivity contribution in [3.8, 4) is 5.75 Å². The fraction of sp³-hybridized carbons (Fsp3) is 0.462. The first-order valence-electron chi connectivity index (χ1n) is 11.2. The van der Waals surface area contributed by atoms with Gasteiger partial charge >= 0.3 is 5.97 Å². The lowest BCUT2D eigenvalue weighted by Gasteiger charge is -2.30. The first kappa shape index (κ1) is 22.9. The molecule has 5 nitrogen and oxygen atoms in total. The molecule has 5 heteroatoms. The molecule has 0 aromatic heterocycles. The third-order valence-corrected chi connectivity index (χ3v) is 6.31. The first-order valence-corrected chi connectivity index (χ1v) is 11.2. The second kappa shape index (κ2) is 11.0. The third kappa shape index (κ3) is 6.84. The van der Waals surface area contributed by atoms with Crippen molar-refractivity contribution in [3.63, 3.8) is 0 Å². The molecule has 1 aliphatic carbocycles. The Morgan fingerprint density at radius 2 is 1.61 bits per heavy atom. The van der Waals surface area contributed by atoms with E-state index in [0.29, 0.717) is 18.4 Å². The summed E-state index contributed by atoms with van der Waals surface area (Å²) in [4.78, 5) is 24.4. The lowest BCUT2D eigenvalue weighted by atomic mass is 9.76. The van der Waals surface area contributed by atoms with Crippen LogP contribution < -0.4 is 10.1 Å². The van der Waals surface area contributed by atoms with E-state index < -0.39 is 12.0 Å². The summed E-state index contributed by atoms with van der Waals surface area (Å²) in [7, 11) is 0. The fourth-order valence-electron chi connectivity index (χ4n) is 4.24. The van der Waals surface area contributed by atoms with Gasteiger partial charge in [-0.3, -0.25) is 4.79 Å². The first-order chi connectivity index (χ1) is 14.9. The minimum absolute atomic E-state index is 0.0781. The number of hydrogen-bond donors (Lipinski definition) is 2. The van der Waals surface area contributed by atoms with E-state index in [1.54, 1.807) is 0 Å². The molecule has 2 aromatic rings. The van der Waals surface area contributed by atoms with Crippen molar-refractivity contribution in [1.29, 1.82) is 0 Å². The van der Waals surface area contributed by atoms with Crippen molar-refractivity contribution in [2.75, 3.05) is 0 Å². The van der Waals surface area contributed by atoms with Gasteiger partial charge in [0.15, 0.2) is 0 Å². The van der Waals surface area contributed by atoms with E-state index >= 15 is 0 Å². The maximum atomic E-state index is 12.7. The second-order valence-electron chi connectivity index (χ2n) is 8.88. The number of amides is 1. The molecule has 2 N–H and O–H groups in total. The van der Waals surface area contributed by atoms with Gasteiger partial charge in [-0.25, -0.2) is 4.79 Å². The number of carbonyl (C=O) groups is 2. The summed E-state index contributed by atoms with van der Waals surface area (Å²) in [6.45, 7) is 4.93. The van der Waals surface area contributed by atoms with Crippen LogP contribution in [0.5, 0.6) is 5.75 Å². The molecule has 0 radical (unpaired) electrons. The highest BCUT2D eigenvalue weighted by Crippen LogP contribution is 2.33. The molecule has 0 heterocycles. The number of carbonyl (C=O) groups excluding carboxylic acids is 1. The fourth-order valence-corrected chi connectivity index (χ4v) is 4.24. The topological polar surface area (TPSA) is 75.6 Å². The molecule has 1 fully saturated rings. The molecule has 0 bridgehead atoms. The van der Waals surface area contributed by atoms with E-state index in [9.17, 15) is 14.7 Å². The van der Waals surface area contributed by atoms with Crippen molar-refractivity contribution in [1.82, 2.24) is 5.32 Å². The number of rotatable bonds is 9. The van der Waals surface area contributed by atoms with Crippen LogP contribution >= 0.6 is 0 Å². The normalized spacial score (nSPS) is 19.6. The van der Waals surface area contributed by atoms with Crippen LogP contribution in [-0.2, 0) is 22.6 Å². The largest absolute Gasteiger partial charge is 0.489 e. The van der Waals surface area contributed by atoms with Crippen LogP contribution in [0.2, 0.25) is 0 Å². The maximum absolute atomic E-state index is 12.7. The Morgan fingerprint density at radius 1 is 0.968 bits per heavy atom. The number of carboxylic acids is 1. The number of aliphatic carboxylic acids is 1.